The second-order valence-corrected chi connectivity index (χ2v) is 15.4. The molecule has 5 aliphatic rings. The summed E-state index contributed by atoms with van der Waals surface area (Å²) in [4.78, 5) is 14.3. The van der Waals surface area contributed by atoms with E-state index in [1.807, 2.05) is 6.20 Å². The van der Waals surface area contributed by atoms with E-state index in [2.05, 4.69) is 66.6 Å². The molecular weight excluding hydrogens is 418 g/mol. The number of allylic oxidation sites excluding steroid dienone is 2. The number of aromatic nitrogens is 1. The molecule has 0 radical (unpaired) electrons. The van der Waals surface area contributed by atoms with E-state index in [0.29, 0.717) is 28.4 Å². The van der Waals surface area contributed by atoms with Crippen LogP contribution in [0, 0.1) is 44.8 Å². The summed E-state index contributed by atoms with van der Waals surface area (Å²) >= 11 is 0. The van der Waals surface area contributed by atoms with Crippen LogP contribution in [-0.4, -0.2) is 10.9 Å². The third-order valence-corrected chi connectivity index (χ3v) is 12.8. The topological polar surface area (TPSA) is 43.1 Å². The zero-order valence-electron chi connectivity index (χ0n) is 22.8. The quantitative estimate of drug-likeness (QED) is 0.396. The van der Waals surface area contributed by atoms with Crippen molar-refractivity contribution in [2.75, 3.05) is 0 Å². The molecule has 1 aromatic rings. The summed E-state index contributed by atoms with van der Waals surface area (Å²) in [7, 11) is 0. The Morgan fingerprint density at radius 2 is 1.65 bits per heavy atom. The van der Waals surface area contributed by atoms with Crippen molar-refractivity contribution < 1.29 is 9.32 Å². The highest BCUT2D eigenvalue weighted by Gasteiger charge is 2.69. The predicted octanol–water partition coefficient (Wildman–Crippen LogP) is 7.69. The zero-order chi connectivity index (χ0) is 24.5. The highest BCUT2D eigenvalue weighted by Crippen LogP contribution is 2.74. The molecule has 0 N–H and O–H groups in total. The van der Waals surface area contributed by atoms with Crippen molar-refractivity contribution in [3.8, 4) is 0 Å². The Hall–Kier alpha value is -1.38. The molecule has 1 aromatic heterocycles. The highest BCUT2D eigenvalue weighted by molar-refractivity contribution is 5.95. The van der Waals surface area contributed by atoms with Gasteiger partial charge in [-0.15, -0.1) is 0 Å². The van der Waals surface area contributed by atoms with Crippen molar-refractivity contribution in [3.63, 3.8) is 0 Å². The monoisotopic (exact) mass is 463 g/mol. The van der Waals surface area contributed by atoms with Crippen LogP contribution in [0.15, 0.2) is 22.4 Å². The number of rotatable bonds is 0. The maximum absolute atomic E-state index is 14.3. The number of hydrogen-bond donors (Lipinski definition) is 0. The number of nitrogens with zero attached hydrogens (tertiary/aromatic N) is 1. The first-order valence-electron chi connectivity index (χ1n) is 13.9. The number of hydrogen-bond acceptors (Lipinski definition) is 3. The fourth-order valence-electron chi connectivity index (χ4n) is 10.6. The van der Waals surface area contributed by atoms with E-state index in [-0.39, 0.29) is 27.6 Å². The van der Waals surface area contributed by atoms with E-state index < -0.39 is 0 Å². The number of carbonyl (C=O) groups excluding carboxylic acids is 1. The smallest absolute Gasteiger partial charge is 0.159 e. The van der Waals surface area contributed by atoms with Crippen LogP contribution in [0.1, 0.15) is 112 Å². The van der Waals surface area contributed by atoms with Crippen LogP contribution < -0.4 is 0 Å². The molecule has 6 rings (SSSR count). The molecule has 1 heterocycles. The molecule has 7 atom stereocenters. The molecule has 0 spiro atoms. The fourth-order valence-corrected chi connectivity index (χ4v) is 10.6. The van der Waals surface area contributed by atoms with Crippen LogP contribution in [0.5, 0.6) is 0 Å². The van der Waals surface area contributed by atoms with Gasteiger partial charge in [-0.2, -0.15) is 0 Å². The van der Waals surface area contributed by atoms with Gasteiger partial charge in [0.25, 0.3) is 0 Å². The van der Waals surface area contributed by atoms with Crippen LogP contribution in [-0.2, 0) is 16.6 Å². The van der Waals surface area contributed by atoms with E-state index in [0.717, 1.165) is 12.2 Å². The van der Waals surface area contributed by atoms with Gasteiger partial charge in [-0.3, -0.25) is 4.79 Å². The van der Waals surface area contributed by atoms with Crippen molar-refractivity contribution in [2.24, 2.45) is 44.8 Å². The van der Waals surface area contributed by atoms with E-state index in [4.69, 9.17) is 4.52 Å². The second-order valence-electron chi connectivity index (χ2n) is 15.4. The van der Waals surface area contributed by atoms with Gasteiger partial charge >= 0.3 is 0 Å². The average molecular weight is 464 g/mol. The second kappa shape index (κ2) is 6.48. The molecule has 0 saturated heterocycles. The molecule has 0 bridgehead atoms. The standard InChI is InChI=1S/C31H45NO2/c1-26(2)11-12-28(5)13-14-31(8)24(20(28)17-26)21(33)15-23-29(6)16-19-18-32-34-25(19)27(3,4)22(29)9-10-30(23,31)7/h15,18,20,22,24H,9-14,16-17H2,1-8H3/t20?,22-,24?,28+,29-,30+,31+/m0/s1. The lowest BCUT2D eigenvalue weighted by Gasteiger charge is -2.69. The van der Waals surface area contributed by atoms with E-state index in [9.17, 15) is 4.79 Å². The van der Waals surface area contributed by atoms with Crippen LogP contribution in [0.4, 0.5) is 0 Å². The van der Waals surface area contributed by atoms with Gasteiger partial charge in [0.2, 0.25) is 0 Å². The Balaban J connectivity index is 1.50. The molecular formula is C31H45NO2. The van der Waals surface area contributed by atoms with Gasteiger partial charge < -0.3 is 4.52 Å². The number of ketones is 1. The van der Waals surface area contributed by atoms with Crippen molar-refractivity contribution in [1.29, 1.82) is 0 Å². The molecule has 34 heavy (non-hydrogen) atoms. The highest BCUT2D eigenvalue weighted by atomic mass is 16.5. The van der Waals surface area contributed by atoms with Gasteiger partial charge in [-0.1, -0.05) is 66.1 Å². The largest absolute Gasteiger partial charge is 0.361 e. The van der Waals surface area contributed by atoms with Gasteiger partial charge in [-0.25, -0.2) is 0 Å². The SMILES string of the molecule is CC1(C)CC[C@]2(C)CC[C@]3(C)C(C(=O)C=C4[C@@]5(C)Cc6cnoc6C(C)(C)[C@@H]5CC[C@]43C)C2C1. The summed E-state index contributed by atoms with van der Waals surface area (Å²) in [6.45, 7) is 19.6. The third kappa shape index (κ3) is 2.60. The molecule has 0 aliphatic heterocycles. The molecule has 3 heteroatoms. The van der Waals surface area contributed by atoms with Crippen molar-refractivity contribution in [2.45, 2.75) is 112 Å². The normalized spacial score (nSPS) is 48.5. The Morgan fingerprint density at radius 3 is 2.38 bits per heavy atom. The Labute approximate surface area is 206 Å². The molecule has 0 aromatic carbocycles. The van der Waals surface area contributed by atoms with Gasteiger partial charge in [0, 0.05) is 16.9 Å². The van der Waals surface area contributed by atoms with Crippen LogP contribution in [0.2, 0.25) is 0 Å². The Bertz CT molecular complexity index is 1090. The first-order chi connectivity index (χ1) is 15.7. The molecule has 3 saturated carbocycles. The number of carbonyl (C=O) groups is 1. The molecule has 2 unspecified atom stereocenters. The summed E-state index contributed by atoms with van der Waals surface area (Å²) in [6.07, 6.45) is 13.7. The Kier molecular flexibility index (Phi) is 4.39. The van der Waals surface area contributed by atoms with Crippen LogP contribution >= 0.6 is 0 Å². The minimum absolute atomic E-state index is 0.0225. The first kappa shape index (κ1) is 23.0. The van der Waals surface area contributed by atoms with Crippen molar-refractivity contribution in [1.82, 2.24) is 5.16 Å². The molecule has 5 aliphatic carbocycles. The summed E-state index contributed by atoms with van der Waals surface area (Å²) in [5, 5.41) is 4.21. The van der Waals surface area contributed by atoms with Crippen molar-refractivity contribution in [3.05, 3.63) is 29.2 Å². The summed E-state index contributed by atoms with van der Waals surface area (Å²) in [5.74, 6) is 2.66. The third-order valence-electron chi connectivity index (χ3n) is 12.8. The maximum atomic E-state index is 14.3. The van der Waals surface area contributed by atoms with E-state index in [1.165, 1.54) is 56.1 Å². The lowest BCUT2D eigenvalue weighted by Crippen LogP contribution is -2.64. The predicted molar refractivity (Wildman–Crippen MR) is 135 cm³/mol. The molecule has 3 nitrogen and oxygen atoms in total. The van der Waals surface area contributed by atoms with Crippen LogP contribution in [0.25, 0.3) is 0 Å². The summed E-state index contributed by atoms with van der Waals surface area (Å²) < 4.78 is 5.81. The van der Waals surface area contributed by atoms with E-state index >= 15 is 0 Å². The maximum Gasteiger partial charge on any atom is 0.159 e. The van der Waals surface area contributed by atoms with Gasteiger partial charge in [0.05, 0.1) is 6.20 Å². The summed E-state index contributed by atoms with van der Waals surface area (Å²) in [5.41, 5.74) is 3.39. The van der Waals surface area contributed by atoms with Crippen LogP contribution in [0.3, 0.4) is 0 Å². The minimum Gasteiger partial charge on any atom is -0.361 e. The fraction of sp³-hybridized carbons (Fsp3) is 0.806. The minimum atomic E-state index is -0.0691. The average Bonchev–Trinajstić information content (AvgIpc) is 3.20. The van der Waals surface area contributed by atoms with Crippen molar-refractivity contribution >= 4 is 5.78 Å². The molecule has 0 amide bonds. The lowest BCUT2D eigenvalue weighted by molar-refractivity contribution is -0.168. The molecule has 3 fully saturated rings. The summed E-state index contributed by atoms with van der Waals surface area (Å²) in [6, 6.07) is 0. The zero-order valence-corrected chi connectivity index (χ0v) is 22.8. The first-order valence-corrected chi connectivity index (χ1v) is 13.9. The van der Waals surface area contributed by atoms with Gasteiger partial charge in [0.15, 0.2) is 5.78 Å². The van der Waals surface area contributed by atoms with E-state index in [1.54, 1.807) is 0 Å². The lowest BCUT2D eigenvalue weighted by atomic mass is 9.34. The number of fused-ring (bicyclic) bond motifs is 8. The Morgan fingerprint density at radius 1 is 0.941 bits per heavy atom. The molecule has 186 valence electrons. The van der Waals surface area contributed by atoms with Gasteiger partial charge in [-0.05, 0) is 96.4 Å². The van der Waals surface area contributed by atoms with Gasteiger partial charge in [0.1, 0.15) is 5.76 Å².